The Morgan fingerprint density at radius 1 is 1.03 bits per heavy atom. The number of ether oxygens (including phenoxy) is 1. The largest absolute Gasteiger partial charge is 0.513 e. The van der Waals surface area contributed by atoms with Crippen LogP contribution in [0.1, 0.15) is 39.5 Å². The van der Waals surface area contributed by atoms with Gasteiger partial charge in [0.05, 0.1) is 6.54 Å². The smallest absolute Gasteiger partial charge is 0.449 e. The number of furan rings is 1. The van der Waals surface area contributed by atoms with Crippen LogP contribution >= 0.6 is 35.4 Å². The van der Waals surface area contributed by atoms with Gasteiger partial charge in [0.15, 0.2) is 0 Å². The van der Waals surface area contributed by atoms with Gasteiger partial charge in [0.2, 0.25) is 0 Å². The predicted molar refractivity (Wildman–Crippen MR) is 135 cm³/mol. The molecule has 176 valence electrons. The monoisotopic (exact) mass is 526 g/mol. The van der Waals surface area contributed by atoms with Gasteiger partial charge in [-0.1, -0.05) is 59.7 Å². The zero-order valence-corrected chi connectivity index (χ0v) is 20.2. The van der Waals surface area contributed by atoms with E-state index in [1.165, 1.54) is 16.7 Å². The van der Waals surface area contributed by atoms with Crippen LogP contribution in [-0.4, -0.2) is 20.8 Å². The fourth-order valence-corrected chi connectivity index (χ4v) is 4.81. The summed E-state index contributed by atoms with van der Waals surface area (Å²) in [5.74, 6) is -0.166. The third kappa shape index (κ3) is 4.68. The number of nitrogens with zero attached hydrogens (tertiary/aromatic N) is 1. The first-order valence-electron chi connectivity index (χ1n) is 10.4. The summed E-state index contributed by atoms with van der Waals surface area (Å²) in [6.07, 6.45) is 4.15. The van der Waals surface area contributed by atoms with Gasteiger partial charge in [-0.2, -0.15) is 0 Å². The van der Waals surface area contributed by atoms with Gasteiger partial charge in [-0.05, 0) is 52.6 Å². The molecule has 0 atom stereocenters. The highest BCUT2D eigenvalue weighted by Gasteiger charge is 2.26. The molecular weight excluding hydrogens is 511 g/mol. The minimum absolute atomic E-state index is 0.0346. The lowest BCUT2D eigenvalue weighted by atomic mass is 9.83. The van der Waals surface area contributed by atoms with Crippen LogP contribution in [0.3, 0.4) is 0 Å². The Morgan fingerprint density at radius 3 is 2.26 bits per heavy atom. The summed E-state index contributed by atoms with van der Waals surface area (Å²) in [5.41, 5.74) is 4.03. The Balaban J connectivity index is 1.65. The molecule has 0 unspecified atom stereocenters. The molecule has 4 aromatic rings. The SMILES string of the molecule is O=C(O)Oc1ccc(Cn2cc(C3c4ccc(Cl)cc4C=Cc4cc(Cl)ccc43)c(=S)[nH]c2=O)o1. The van der Waals surface area contributed by atoms with Crippen LogP contribution in [-0.2, 0) is 6.54 Å². The molecule has 0 fully saturated rings. The molecule has 2 aromatic heterocycles. The Hall–Kier alpha value is -3.59. The van der Waals surface area contributed by atoms with E-state index in [1.54, 1.807) is 6.20 Å². The molecule has 7 nitrogen and oxygen atoms in total. The number of carboxylic acid groups (broad SMARTS) is 1. The van der Waals surface area contributed by atoms with Crippen LogP contribution < -0.4 is 10.4 Å². The summed E-state index contributed by atoms with van der Waals surface area (Å²) < 4.78 is 11.6. The predicted octanol–water partition coefficient (Wildman–Crippen LogP) is 6.57. The van der Waals surface area contributed by atoms with E-state index in [-0.39, 0.29) is 18.4 Å². The van der Waals surface area contributed by atoms with Crippen LogP contribution in [0.5, 0.6) is 5.95 Å². The highest BCUT2D eigenvalue weighted by Crippen LogP contribution is 2.40. The molecule has 2 heterocycles. The van der Waals surface area contributed by atoms with Crippen molar-refractivity contribution in [2.75, 3.05) is 0 Å². The normalized spacial score (nSPS) is 12.6. The van der Waals surface area contributed by atoms with Gasteiger partial charge in [-0.15, -0.1) is 0 Å². The zero-order chi connectivity index (χ0) is 24.7. The molecule has 0 saturated carbocycles. The van der Waals surface area contributed by atoms with Gasteiger partial charge in [-0.3, -0.25) is 9.55 Å². The number of nitrogens with one attached hydrogen (secondary N) is 1. The zero-order valence-electron chi connectivity index (χ0n) is 17.8. The lowest BCUT2D eigenvalue weighted by Crippen LogP contribution is -2.25. The molecule has 10 heteroatoms. The lowest BCUT2D eigenvalue weighted by molar-refractivity contribution is 0.132. The molecule has 5 rings (SSSR count). The van der Waals surface area contributed by atoms with Crippen LogP contribution in [0, 0.1) is 4.64 Å². The van der Waals surface area contributed by atoms with Gasteiger partial charge < -0.3 is 14.3 Å². The Morgan fingerprint density at radius 2 is 1.66 bits per heavy atom. The molecule has 0 amide bonds. The standard InChI is InChI=1S/C25H16Cl2N2O5S/c26-15-3-6-18-13(9-15)1-2-14-10-16(27)4-7-19(14)22(18)20-12-29(24(30)28-23(20)35)11-17-5-8-21(33-17)34-25(31)32/h1-10,12,22H,11H2,(H,31,32)(H,28,30,35). The van der Waals surface area contributed by atoms with Crippen molar-refractivity contribution < 1.29 is 19.1 Å². The van der Waals surface area contributed by atoms with Crippen molar-refractivity contribution in [1.82, 2.24) is 9.55 Å². The fraction of sp³-hybridized carbons (Fsp3) is 0.0800. The second-order valence-electron chi connectivity index (χ2n) is 7.87. The van der Waals surface area contributed by atoms with E-state index in [1.807, 2.05) is 48.6 Å². The van der Waals surface area contributed by atoms with Crippen LogP contribution in [0.2, 0.25) is 10.0 Å². The average Bonchev–Trinajstić information content (AvgIpc) is 3.16. The highest BCUT2D eigenvalue weighted by atomic mass is 35.5. The van der Waals surface area contributed by atoms with Gasteiger partial charge in [0.1, 0.15) is 10.4 Å². The number of halogens is 2. The summed E-state index contributed by atoms with van der Waals surface area (Å²) >= 11 is 18.2. The molecule has 2 N–H and O–H groups in total. The van der Waals surface area contributed by atoms with Crippen LogP contribution in [0.25, 0.3) is 12.2 Å². The van der Waals surface area contributed by atoms with E-state index in [9.17, 15) is 9.59 Å². The Kier molecular flexibility index (Phi) is 6.10. The van der Waals surface area contributed by atoms with Crippen LogP contribution in [0.15, 0.2) is 63.9 Å². The van der Waals surface area contributed by atoms with Crippen molar-refractivity contribution >= 4 is 53.7 Å². The number of aromatic nitrogens is 2. The van der Waals surface area contributed by atoms with Gasteiger partial charge in [0.25, 0.3) is 5.95 Å². The van der Waals surface area contributed by atoms with Gasteiger partial charge >= 0.3 is 11.8 Å². The van der Waals surface area contributed by atoms with Crippen molar-refractivity contribution in [3.8, 4) is 5.95 Å². The minimum Gasteiger partial charge on any atom is -0.449 e. The number of benzene rings is 2. The number of fused-ring (bicyclic) bond motifs is 2. The van der Waals surface area contributed by atoms with Crippen molar-refractivity contribution in [2.45, 2.75) is 12.5 Å². The summed E-state index contributed by atoms with van der Waals surface area (Å²) in [6, 6.07) is 14.2. The maximum absolute atomic E-state index is 12.7. The Bertz CT molecular complexity index is 1560. The fourth-order valence-electron chi connectivity index (χ4n) is 4.19. The van der Waals surface area contributed by atoms with Crippen molar-refractivity contribution in [2.24, 2.45) is 0 Å². The number of rotatable bonds is 4. The lowest BCUT2D eigenvalue weighted by Gasteiger charge is -2.22. The van der Waals surface area contributed by atoms with Crippen molar-refractivity contribution in [1.29, 1.82) is 0 Å². The molecule has 1 aliphatic rings. The average molecular weight is 527 g/mol. The third-order valence-electron chi connectivity index (χ3n) is 5.66. The van der Waals surface area contributed by atoms with E-state index >= 15 is 0 Å². The summed E-state index contributed by atoms with van der Waals surface area (Å²) in [7, 11) is 0. The van der Waals surface area contributed by atoms with Crippen molar-refractivity contribution in [3.63, 3.8) is 0 Å². The molecule has 0 spiro atoms. The second-order valence-corrected chi connectivity index (χ2v) is 9.15. The molecule has 2 aromatic carbocycles. The number of carbonyl (C=O) groups is 1. The number of hydrogen-bond donors (Lipinski definition) is 2. The van der Waals surface area contributed by atoms with Gasteiger partial charge in [0, 0.05) is 33.8 Å². The molecular formula is C25H16Cl2N2O5S. The third-order valence-corrected chi connectivity index (χ3v) is 6.47. The van der Waals surface area contributed by atoms with E-state index < -0.39 is 11.8 Å². The first-order valence-corrected chi connectivity index (χ1v) is 11.5. The second kappa shape index (κ2) is 9.22. The van der Waals surface area contributed by atoms with E-state index in [2.05, 4.69) is 9.72 Å². The van der Waals surface area contributed by atoms with Gasteiger partial charge in [-0.25, -0.2) is 9.59 Å². The summed E-state index contributed by atoms with van der Waals surface area (Å²) in [5, 5.41) is 9.96. The Labute approximate surface area is 213 Å². The van der Waals surface area contributed by atoms with E-state index in [0.29, 0.717) is 26.0 Å². The molecule has 0 aliphatic heterocycles. The summed E-state index contributed by atoms with van der Waals surface area (Å²) in [4.78, 5) is 26.2. The quantitative estimate of drug-likeness (QED) is 0.203. The molecule has 1 aliphatic carbocycles. The number of aromatic amines is 1. The number of H-pyrrole nitrogens is 1. The first kappa shape index (κ1) is 23.2. The first-order chi connectivity index (χ1) is 16.8. The molecule has 0 saturated heterocycles. The molecule has 35 heavy (non-hydrogen) atoms. The maximum atomic E-state index is 12.7. The minimum atomic E-state index is -1.49. The maximum Gasteiger partial charge on any atom is 0.513 e. The highest BCUT2D eigenvalue weighted by molar-refractivity contribution is 7.71. The van der Waals surface area contributed by atoms with Crippen LogP contribution in [0.4, 0.5) is 4.79 Å². The summed E-state index contributed by atoms with van der Waals surface area (Å²) in [6.45, 7) is 0.0346. The molecule has 0 radical (unpaired) electrons. The van der Waals surface area contributed by atoms with E-state index in [4.69, 9.17) is 44.9 Å². The topological polar surface area (TPSA) is 97.5 Å². The van der Waals surface area contributed by atoms with Crippen molar-refractivity contribution in [3.05, 3.63) is 113 Å². The van der Waals surface area contributed by atoms with E-state index in [0.717, 1.165) is 22.3 Å². The molecule has 0 bridgehead atoms. The number of hydrogen-bond acceptors (Lipinski definition) is 5.